The molecule has 0 unspecified atom stereocenters. The molecular weight excluding hydrogens is 330 g/mol. The molecule has 2 aromatic carbocycles. The van der Waals surface area contributed by atoms with E-state index in [4.69, 9.17) is 5.26 Å². The normalized spacial score (nSPS) is 10.7. The van der Waals surface area contributed by atoms with Crippen molar-refractivity contribution in [1.29, 1.82) is 5.26 Å². The van der Waals surface area contributed by atoms with Crippen LogP contribution in [0.2, 0.25) is 0 Å². The van der Waals surface area contributed by atoms with Crippen LogP contribution in [0.1, 0.15) is 15.9 Å². The number of aromatic carboxylic acids is 1. The number of pyridine rings is 1. The summed E-state index contributed by atoms with van der Waals surface area (Å²) in [5.74, 6) is -1.14. The first-order valence-electron chi connectivity index (χ1n) is 7.77. The van der Waals surface area contributed by atoms with Gasteiger partial charge in [0.15, 0.2) is 5.65 Å². The molecule has 2 heterocycles. The van der Waals surface area contributed by atoms with Gasteiger partial charge in [-0.05, 0) is 47.5 Å². The van der Waals surface area contributed by atoms with Crippen molar-refractivity contribution < 1.29 is 9.90 Å². The summed E-state index contributed by atoms with van der Waals surface area (Å²) in [6.07, 6.45) is 1.50. The van der Waals surface area contributed by atoms with Crippen LogP contribution in [0, 0.1) is 11.3 Å². The van der Waals surface area contributed by atoms with Crippen LogP contribution in [-0.4, -0.2) is 20.5 Å². The van der Waals surface area contributed by atoms with Gasteiger partial charge in [0.2, 0.25) is 0 Å². The maximum absolute atomic E-state index is 12.8. The van der Waals surface area contributed by atoms with Gasteiger partial charge in [0.25, 0.3) is 5.56 Å². The maximum Gasteiger partial charge on any atom is 0.339 e. The molecular formula is C20H11N3O3. The van der Waals surface area contributed by atoms with E-state index in [9.17, 15) is 14.7 Å². The fourth-order valence-corrected chi connectivity index (χ4v) is 2.94. The second-order valence-electron chi connectivity index (χ2n) is 5.76. The lowest BCUT2D eigenvalue weighted by molar-refractivity contribution is 0.0698. The molecule has 26 heavy (non-hydrogen) atoms. The van der Waals surface area contributed by atoms with E-state index >= 15 is 0 Å². The summed E-state index contributed by atoms with van der Waals surface area (Å²) in [7, 11) is 0. The van der Waals surface area contributed by atoms with Gasteiger partial charge < -0.3 is 5.11 Å². The lowest BCUT2D eigenvalue weighted by Crippen LogP contribution is -2.17. The zero-order chi connectivity index (χ0) is 18.3. The first-order chi connectivity index (χ1) is 12.6. The van der Waals surface area contributed by atoms with Crippen LogP contribution in [0.5, 0.6) is 0 Å². The van der Waals surface area contributed by atoms with Crippen molar-refractivity contribution in [3.63, 3.8) is 0 Å². The monoisotopic (exact) mass is 341 g/mol. The number of hydrogen-bond donors (Lipinski definition) is 1. The second-order valence-corrected chi connectivity index (χ2v) is 5.76. The Morgan fingerprint density at radius 2 is 1.88 bits per heavy atom. The first-order valence-corrected chi connectivity index (χ1v) is 7.77. The molecule has 1 N–H and O–H groups in total. The van der Waals surface area contributed by atoms with Gasteiger partial charge in [0.05, 0.1) is 22.5 Å². The number of fused-ring (bicyclic) bond motifs is 2. The minimum absolute atomic E-state index is 0.0303. The van der Waals surface area contributed by atoms with E-state index in [0.717, 1.165) is 11.1 Å². The van der Waals surface area contributed by atoms with E-state index in [-0.39, 0.29) is 16.8 Å². The topological polar surface area (TPSA) is 95.5 Å². The molecule has 124 valence electrons. The van der Waals surface area contributed by atoms with Crippen LogP contribution in [0.3, 0.4) is 0 Å². The number of aromatic nitrogens is 2. The number of carbonyl (C=O) groups is 1. The summed E-state index contributed by atoms with van der Waals surface area (Å²) in [6.45, 7) is 0. The predicted molar refractivity (Wildman–Crippen MR) is 96.1 cm³/mol. The lowest BCUT2D eigenvalue weighted by Gasteiger charge is -2.08. The van der Waals surface area contributed by atoms with Crippen molar-refractivity contribution in [2.24, 2.45) is 0 Å². The van der Waals surface area contributed by atoms with Crippen molar-refractivity contribution >= 4 is 22.5 Å². The molecule has 0 aliphatic heterocycles. The van der Waals surface area contributed by atoms with E-state index < -0.39 is 5.97 Å². The SMILES string of the molecule is N#Cc1cccc(-c2ccc3nc4c(C(=O)O)cccn4c(=O)c3c2)c1. The van der Waals surface area contributed by atoms with Gasteiger partial charge in [-0.25, -0.2) is 9.78 Å². The molecule has 4 rings (SSSR count). The molecule has 6 nitrogen and oxygen atoms in total. The maximum atomic E-state index is 12.8. The molecule has 0 atom stereocenters. The Balaban J connectivity index is 2.01. The van der Waals surface area contributed by atoms with E-state index in [1.807, 2.05) is 6.07 Å². The Labute approximate surface area is 147 Å². The summed E-state index contributed by atoms with van der Waals surface area (Å²) in [5, 5.41) is 18.7. The fourth-order valence-electron chi connectivity index (χ4n) is 2.94. The van der Waals surface area contributed by atoms with Crippen LogP contribution in [0.4, 0.5) is 0 Å². The lowest BCUT2D eigenvalue weighted by atomic mass is 10.0. The summed E-state index contributed by atoms with van der Waals surface area (Å²) in [5.41, 5.74) is 2.28. The van der Waals surface area contributed by atoms with Gasteiger partial charge in [-0.2, -0.15) is 5.26 Å². The largest absolute Gasteiger partial charge is 0.478 e. The highest BCUT2D eigenvalue weighted by atomic mass is 16.4. The van der Waals surface area contributed by atoms with Crippen molar-refractivity contribution in [3.05, 3.63) is 82.3 Å². The molecule has 0 aliphatic rings. The van der Waals surface area contributed by atoms with E-state index in [2.05, 4.69) is 11.1 Å². The van der Waals surface area contributed by atoms with Gasteiger partial charge in [0, 0.05) is 6.20 Å². The molecule has 0 amide bonds. The van der Waals surface area contributed by atoms with Gasteiger partial charge in [-0.1, -0.05) is 18.2 Å². The predicted octanol–water partition coefficient (Wildman–Crippen LogP) is 3.08. The second kappa shape index (κ2) is 5.83. The molecule has 2 aromatic heterocycles. The van der Waals surface area contributed by atoms with Crippen LogP contribution < -0.4 is 5.56 Å². The third-order valence-electron chi connectivity index (χ3n) is 4.19. The Bertz CT molecular complexity index is 1300. The molecule has 0 radical (unpaired) electrons. The van der Waals surface area contributed by atoms with Crippen LogP contribution in [0.25, 0.3) is 27.7 Å². The summed E-state index contributed by atoms with van der Waals surface area (Å²) < 4.78 is 1.24. The summed E-state index contributed by atoms with van der Waals surface area (Å²) >= 11 is 0. The highest BCUT2D eigenvalue weighted by Crippen LogP contribution is 2.23. The zero-order valence-corrected chi connectivity index (χ0v) is 13.4. The number of carboxylic acid groups (broad SMARTS) is 1. The van der Waals surface area contributed by atoms with Gasteiger partial charge in [0.1, 0.15) is 5.56 Å². The average molecular weight is 341 g/mol. The third-order valence-corrected chi connectivity index (χ3v) is 4.19. The minimum Gasteiger partial charge on any atom is -0.478 e. The first kappa shape index (κ1) is 15.5. The molecule has 4 aromatic rings. The van der Waals surface area contributed by atoms with Gasteiger partial charge in [-0.3, -0.25) is 9.20 Å². The number of hydrogen-bond acceptors (Lipinski definition) is 4. The zero-order valence-electron chi connectivity index (χ0n) is 13.4. The Kier molecular flexibility index (Phi) is 3.48. The van der Waals surface area contributed by atoms with Crippen LogP contribution >= 0.6 is 0 Å². The standard InChI is InChI=1S/C20H11N3O3/c21-11-12-3-1-4-13(9-12)14-6-7-17-16(10-14)19(24)23-8-2-5-15(20(25)26)18(23)22-17/h1-10H,(H,25,26). The van der Waals surface area contributed by atoms with E-state index in [0.29, 0.717) is 16.5 Å². The van der Waals surface area contributed by atoms with Gasteiger partial charge >= 0.3 is 5.97 Å². The smallest absolute Gasteiger partial charge is 0.339 e. The minimum atomic E-state index is -1.14. The average Bonchev–Trinajstić information content (AvgIpc) is 2.67. The number of carboxylic acids is 1. The van der Waals surface area contributed by atoms with Crippen LogP contribution in [-0.2, 0) is 0 Å². The Morgan fingerprint density at radius 1 is 1.08 bits per heavy atom. The number of nitriles is 1. The number of benzene rings is 2. The Morgan fingerprint density at radius 3 is 2.65 bits per heavy atom. The molecule has 0 saturated carbocycles. The third kappa shape index (κ3) is 2.39. The highest BCUT2D eigenvalue weighted by Gasteiger charge is 2.13. The number of rotatable bonds is 2. The van der Waals surface area contributed by atoms with E-state index in [1.54, 1.807) is 36.4 Å². The molecule has 6 heteroatoms. The van der Waals surface area contributed by atoms with Crippen LogP contribution in [0.15, 0.2) is 65.6 Å². The quantitative estimate of drug-likeness (QED) is 0.565. The van der Waals surface area contributed by atoms with Gasteiger partial charge in [-0.15, -0.1) is 0 Å². The van der Waals surface area contributed by atoms with Crippen molar-refractivity contribution in [1.82, 2.24) is 9.38 Å². The summed E-state index contributed by atoms with van der Waals surface area (Å²) in [6, 6.07) is 17.3. The summed E-state index contributed by atoms with van der Waals surface area (Å²) in [4.78, 5) is 28.6. The molecule has 0 aliphatic carbocycles. The fraction of sp³-hybridized carbons (Fsp3) is 0. The van der Waals surface area contributed by atoms with E-state index in [1.165, 1.54) is 22.7 Å². The molecule has 0 saturated heterocycles. The van der Waals surface area contributed by atoms with Crippen molar-refractivity contribution in [3.8, 4) is 17.2 Å². The number of nitrogens with zero attached hydrogens (tertiary/aromatic N) is 3. The molecule has 0 fully saturated rings. The van der Waals surface area contributed by atoms with Crippen molar-refractivity contribution in [2.75, 3.05) is 0 Å². The molecule has 0 spiro atoms. The highest BCUT2D eigenvalue weighted by molar-refractivity contribution is 5.96. The van der Waals surface area contributed by atoms with Crippen molar-refractivity contribution in [2.45, 2.75) is 0 Å². The molecule has 0 bridgehead atoms. The Hall–Kier alpha value is -3.98.